The summed E-state index contributed by atoms with van der Waals surface area (Å²) in [6.45, 7) is 4.05. The van der Waals surface area contributed by atoms with Gasteiger partial charge in [-0.1, -0.05) is 22.0 Å². The van der Waals surface area contributed by atoms with E-state index in [1.807, 2.05) is 13.8 Å². The van der Waals surface area contributed by atoms with Crippen molar-refractivity contribution in [3.63, 3.8) is 0 Å². The van der Waals surface area contributed by atoms with Crippen molar-refractivity contribution in [2.24, 2.45) is 0 Å². The summed E-state index contributed by atoms with van der Waals surface area (Å²) in [7, 11) is 0. The third-order valence-electron chi connectivity index (χ3n) is 2.55. The second kappa shape index (κ2) is 4.86. The first-order valence-electron chi connectivity index (χ1n) is 5.15. The standard InChI is InChI=1S/C13H11BrF2S/c1-7-5-8(2)17-13(7)12(14)9-3-4-10(15)11(16)6-9/h3-6,12H,1-2H3. The Balaban J connectivity index is 2.40. The van der Waals surface area contributed by atoms with Gasteiger partial charge in [0, 0.05) is 9.75 Å². The van der Waals surface area contributed by atoms with Gasteiger partial charge in [-0.25, -0.2) is 8.78 Å². The number of hydrogen-bond acceptors (Lipinski definition) is 1. The first-order chi connectivity index (χ1) is 7.99. The predicted octanol–water partition coefficient (Wildman–Crippen LogP) is 5.13. The largest absolute Gasteiger partial charge is 0.204 e. The highest BCUT2D eigenvalue weighted by Gasteiger charge is 2.16. The fraction of sp³-hybridized carbons (Fsp3) is 0.231. The van der Waals surface area contributed by atoms with Gasteiger partial charge in [0.05, 0.1) is 4.83 Å². The van der Waals surface area contributed by atoms with E-state index in [2.05, 4.69) is 22.0 Å². The molecule has 0 N–H and O–H groups in total. The van der Waals surface area contributed by atoms with Crippen molar-refractivity contribution in [2.75, 3.05) is 0 Å². The van der Waals surface area contributed by atoms with Crippen LogP contribution in [0.4, 0.5) is 8.78 Å². The zero-order valence-electron chi connectivity index (χ0n) is 9.43. The average molecular weight is 317 g/mol. The van der Waals surface area contributed by atoms with Gasteiger partial charge in [0.25, 0.3) is 0 Å². The number of halogens is 3. The molecule has 4 heteroatoms. The van der Waals surface area contributed by atoms with E-state index in [0.29, 0.717) is 0 Å². The highest BCUT2D eigenvalue weighted by atomic mass is 79.9. The molecule has 0 nitrogen and oxygen atoms in total. The van der Waals surface area contributed by atoms with Gasteiger partial charge in [0.1, 0.15) is 0 Å². The van der Waals surface area contributed by atoms with Gasteiger partial charge in [-0.05, 0) is 43.2 Å². The Kier molecular flexibility index (Phi) is 3.64. The van der Waals surface area contributed by atoms with Crippen LogP contribution in [-0.4, -0.2) is 0 Å². The highest BCUT2D eigenvalue weighted by Crippen LogP contribution is 2.38. The molecule has 17 heavy (non-hydrogen) atoms. The maximum Gasteiger partial charge on any atom is 0.159 e. The molecule has 0 amide bonds. The molecule has 2 rings (SSSR count). The van der Waals surface area contributed by atoms with Crippen molar-refractivity contribution >= 4 is 27.3 Å². The first-order valence-corrected chi connectivity index (χ1v) is 6.88. The van der Waals surface area contributed by atoms with E-state index in [4.69, 9.17) is 0 Å². The lowest BCUT2D eigenvalue weighted by atomic mass is 10.1. The topological polar surface area (TPSA) is 0 Å². The molecular formula is C13H11BrF2S. The smallest absolute Gasteiger partial charge is 0.159 e. The SMILES string of the molecule is Cc1cc(C)c(C(Br)c2ccc(F)c(F)c2)s1. The molecule has 1 aromatic heterocycles. The summed E-state index contributed by atoms with van der Waals surface area (Å²) in [5.41, 5.74) is 1.90. The van der Waals surface area contributed by atoms with Crippen molar-refractivity contribution in [3.8, 4) is 0 Å². The summed E-state index contributed by atoms with van der Waals surface area (Å²) in [6.07, 6.45) is 0. The predicted molar refractivity (Wildman–Crippen MR) is 70.9 cm³/mol. The van der Waals surface area contributed by atoms with Crippen molar-refractivity contribution in [1.82, 2.24) is 0 Å². The summed E-state index contributed by atoms with van der Waals surface area (Å²) in [4.78, 5) is 2.26. The third kappa shape index (κ3) is 2.58. The van der Waals surface area contributed by atoms with Crippen LogP contribution in [0.2, 0.25) is 0 Å². The maximum absolute atomic E-state index is 13.2. The Bertz CT molecular complexity index is 548. The molecule has 0 spiro atoms. The van der Waals surface area contributed by atoms with Crippen LogP contribution in [0, 0.1) is 25.5 Å². The van der Waals surface area contributed by atoms with Crippen LogP contribution in [0.3, 0.4) is 0 Å². The monoisotopic (exact) mass is 316 g/mol. The summed E-state index contributed by atoms with van der Waals surface area (Å²) >= 11 is 5.20. The molecule has 0 fully saturated rings. The Morgan fingerprint density at radius 2 is 1.82 bits per heavy atom. The zero-order chi connectivity index (χ0) is 12.6. The number of alkyl halides is 1. The minimum absolute atomic E-state index is 0.0868. The van der Waals surface area contributed by atoms with Crippen molar-refractivity contribution in [1.29, 1.82) is 0 Å². The van der Waals surface area contributed by atoms with E-state index >= 15 is 0 Å². The molecule has 0 aliphatic rings. The molecule has 0 aliphatic heterocycles. The van der Waals surface area contributed by atoms with Gasteiger partial charge in [-0.3, -0.25) is 0 Å². The molecule has 90 valence electrons. The molecule has 2 aromatic rings. The first kappa shape index (κ1) is 12.7. The molecule has 0 aliphatic carbocycles. The van der Waals surface area contributed by atoms with E-state index in [1.54, 1.807) is 17.4 Å². The van der Waals surface area contributed by atoms with Gasteiger partial charge in [-0.2, -0.15) is 0 Å². The number of aryl methyl sites for hydroxylation is 2. The van der Waals surface area contributed by atoms with Crippen molar-refractivity contribution < 1.29 is 8.78 Å². The van der Waals surface area contributed by atoms with Crippen LogP contribution < -0.4 is 0 Å². The second-order valence-electron chi connectivity index (χ2n) is 3.94. The number of hydrogen-bond donors (Lipinski definition) is 0. The molecule has 0 radical (unpaired) electrons. The third-order valence-corrected chi connectivity index (χ3v) is 5.05. The molecular weight excluding hydrogens is 306 g/mol. The fourth-order valence-corrected chi connectivity index (χ4v) is 3.70. The van der Waals surface area contributed by atoms with Crippen LogP contribution in [0.5, 0.6) is 0 Å². The Morgan fingerprint density at radius 3 is 2.35 bits per heavy atom. The lowest BCUT2D eigenvalue weighted by Gasteiger charge is -2.10. The van der Waals surface area contributed by atoms with Gasteiger partial charge in [0.15, 0.2) is 11.6 Å². The number of thiophene rings is 1. The van der Waals surface area contributed by atoms with Crippen LogP contribution in [-0.2, 0) is 0 Å². The van der Waals surface area contributed by atoms with Crippen molar-refractivity contribution in [3.05, 3.63) is 56.8 Å². The van der Waals surface area contributed by atoms with Gasteiger partial charge in [-0.15, -0.1) is 11.3 Å². The van der Waals surface area contributed by atoms with E-state index in [-0.39, 0.29) is 4.83 Å². The molecule has 1 heterocycles. The minimum atomic E-state index is -0.812. The quantitative estimate of drug-likeness (QED) is 0.674. The van der Waals surface area contributed by atoms with Crippen LogP contribution >= 0.6 is 27.3 Å². The number of rotatable bonds is 2. The van der Waals surface area contributed by atoms with Gasteiger partial charge in [0.2, 0.25) is 0 Å². The highest BCUT2D eigenvalue weighted by molar-refractivity contribution is 9.09. The number of benzene rings is 1. The molecule has 0 saturated heterocycles. The average Bonchev–Trinajstić information content (AvgIpc) is 2.61. The molecule has 0 bridgehead atoms. The van der Waals surface area contributed by atoms with E-state index in [1.165, 1.54) is 16.5 Å². The fourth-order valence-electron chi connectivity index (χ4n) is 1.73. The van der Waals surface area contributed by atoms with E-state index in [9.17, 15) is 8.78 Å². The lowest BCUT2D eigenvalue weighted by molar-refractivity contribution is 0.507. The summed E-state index contributed by atoms with van der Waals surface area (Å²) in [5, 5.41) is 0. The van der Waals surface area contributed by atoms with Crippen LogP contribution in [0.15, 0.2) is 24.3 Å². The van der Waals surface area contributed by atoms with Gasteiger partial charge < -0.3 is 0 Å². The Morgan fingerprint density at radius 1 is 1.12 bits per heavy atom. The maximum atomic E-state index is 13.2. The van der Waals surface area contributed by atoms with Crippen LogP contribution in [0.1, 0.15) is 25.7 Å². The summed E-state index contributed by atoms with van der Waals surface area (Å²) in [6, 6.07) is 6.10. The summed E-state index contributed by atoms with van der Waals surface area (Å²) < 4.78 is 26.0. The van der Waals surface area contributed by atoms with Crippen molar-refractivity contribution in [2.45, 2.75) is 18.7 Å². The van der Waals surface area contributed by atoms with E-state index < -0.39 is 11.6 Å². The molecule has 0 saturated carbocycles. The molecule has 1 atom stereocenters. The Hall–Kier alpha value is -0.740. The summed E-state index contributed by atoms with van der Waals surface area (Å²) in [5.74, 6) is -1.62. The second-order valence-corrected chi connectivity index (χ2v) is 6.14. The molecule has 1 unspecified atom stereocenters. The normalized spacial score (nSPS) is 12.8. The molecule has 1 aromatic carbocycles. The zero-order valence-corrected chi connectivity index (χ0v) is 11.8. The van der Waals surface area contributed by atoms with Gasteiger partial charge >= 0.3 is 0 Å². The minimum Gasteiger partial charge on any atom is -0.204 e. The van der Waals surface area contributed by atoms with Crippen LogP contribution in [0.25, 0.3) is 0 Å². The Labute approximate surface area is 111 Å². The van der Waals surface area contributed by atoms with E-state index in [0.717, 1.165) is 16.5 Å². The lowest BCUT2D eigenvalue weighted by Crippen LogP contribution is -1.94.